The summed E-state index contributed by atoms with van der Waals surface area (Å²) in [5.41, 5.74) is 2.07. The molecule has 0 radical (unpaired) electrons. The fourth-order valence-corrected chi connectivity index (χ4v) is 4.51. The minimum absolute atomic E-state index is 0.652. The SMILES string of the molecule is Fc1cc2cccc(N3CCN(CCCCOc4ccc5c(n4)NCC=C5)CC3)c2cc1F. The quantitative estimate of drug-likeness (QED) is 0.517. The lowest BCUT2D eigenvalue weighted by Gasteiger charge is -2.36. The van der Waals surface area contributed by atoms with Crippen molar-refractivity contribution in [2.45, 2.75) is 12.8 Å². The van der Waals surface area contributed by atoms with E-state index in [1.165, 1.54) is 12.1 Å². The molecule has 0 bridgehead atoms. The molecular weight excluding hydrogens is 422 g/mol. The van der Waals surface area contributed by atoms with Crippen molar-refractivity contribution in [1.29, 1.82) is 0 Å². The molecule has 3 aromatic rings. The van der Waals surface area contributed by atoms with Crippen LogP contribution in [0.1, 0.15) is 18.4 Å². The van der Waals surface area contributed by atoms with E-state index in [0.29, 0.717) is 12.5 Å². The summed E-state index contributed by atoms with van der Waals surface area (Å²) in [6, 6.07) is 12.3. The zero-order chi connectivity index (χ0) is 22.6. The Morgan fingerprint density at radius 2 is 1.82 bits per heavy atom. The van der Waals surface area contributed by atoms with Gasteiger partial charge in [0.05, 0.1) is 6.61 Å². The van der Waals surface area contributed by atoms with E-state index < -0.39 is 11.6 Å². The average molecular weight is 451 g/mol. The molecule has 0 amide bonds. The van der Waals surface area contributed by atoms with E-state index >= 15 is 0 Å². The second-order valence-electron chi connectivity index (χ2n) is 8.52. The van der Waals surface area contributed by atoms with Crippen LogP contribution < -0.4 is 15.0 Å². The Hall–Kier alpha value is -3.19. The topological polar surface area (TPSA) is 40.6 Å². The third-order valence-corrected chi connectivity index (χ3v) is 6.32. The fraction of sp³-hybridized carbons (Fsp3) is 0.346. The molecule has 172 valence electrons. The Labute approximate surface area is 192 Å². The molecule has 0 aliphatic carbocycles. The third-order valence-electron chi connectivity index (χ3n) is 6.32. The van der Waals surface area contributed by atoms with Gasteiger partial charge in [0.15, 0.2) is 11.6 Å². The van der Waals surface area contributed by atoms with Gasteiger partial charge in [0, 0.05) is 55.4 Å². The number of hydrogen-bond donors (Lipinski definition) is 1. The predicted octanol–water partition coefficient (Wildman–Crippen LogP) is 4.93. The molecule has 0 unspecified atom stereocenters. The van der Waals surface area contributed by atoms with E-state index in [4.69, 9.17) is 4.74 Å². The monoisotopic (exact) mass is 450 g/mol. The molecule has 1 fully saturated rings. The first-order valence-electron chi connectivity index (χ1n) is 11.6. The lowest BCUT2D eigenvalue weighted by atomic mass is 10.1. The first kappa shape index (κ1) is 21.6. The van der Waals surface area contributed by atoms with Gasteiger partial charge in [-0.1, -0.05) is 24.3 Å². The smallest absolute Gasteiger partial charge is 0.215 e. The number of halogens is 2. The number of fused-ring (bicyclic) bond motifs is 2. The Morgan fingerprint density at radius 3 is 2.70 bits per heavy atom. The molecule has 0 saturated carbocycles. The summed E-state index contributed by atoms with van der Waals surface area (Å²) >= 11 is 0. The van der Waals surface area contributed by atoms with Gasteiger partial charge in [-0.2, -0.15) is 4.98 Å². The van der Waals surface area contributed by atoms with Crippen LogP contribution >= 0.6 is 0 Å². The molecule has 7 heteroatoms. The average Bonchev–Trinajstić information content (AvgIpc) is 2.84. The minimum atomic E-state index is -0.801. The molecule has 3 heterocycles. The van der Waals surface area contributed by atoms with Crippen LogP contribution in [-0.2, 0) is 0 Å². The highest BCUT2D eigenvalue weighted by atomic mass is 19.2. The van der Waals surface area contributed by atoms with Crippen LogP contribution in [0.5, 0.6) is 5.88 Å². The number of pyridine rings is 1. The van der Waals surface area contributed by atoms with Crippen molar-refractivity contribution in [3.8, 4) is 5.88 Å². The molecule has 1 N–H and O–H groups in total. The zero-order valence-corrected chi connectivity index (χ0v) is 18.6. The van der Waals surface area contributed by atoms with Crippen LogP contribution in [0.4, 0.5) is 20.3 Å². The van der Waals surface area contributed by atoms with E-state index in [0.717, 1.165) is 80.0 Å². The van der Waals surface area contributed by atoms with E-state index in [-0.39, 0.29) is 0 Å². The fourth-order valence-electron chi connectivity index (χ4n) is 4.51. The lowest BCUT2D eigenvalue weighted by Crippen LogP contribution is -2.46. The number of aromatic nitrogens is 1. The van der Waals surface area contributed by atoms with Gasteiger partial charge < -0.3 is 15.0 Å². The molecule has 1 saturated heterocycles. The van der Waals surface area contributed by atoms with Gasteiger partial charge in [-0.3, -0.25) is 4.90 Å². The number of rotatable bonds is 7. The zero-order valence-electron chi connectivity index (χ0n) is 18.6. The van der Waals surface area contributed by atoms with Crippen molar-refractivity contribution in [3.05, 3.63) is 65.7 Å². The van der Waals surface area contributed by atoms with Crippen molar-refractivity contribution >= 4 is 28.4 Å². The van der Waals surface area contributed by atoms with Crippen molar-refractivity contribution in [3.63, 3.8) is 0 Å². The number of unbranched alkanes of at least 4 members (excludes halogenated alkanes) is 1. The van der Waals surface area contributed by atoms with Gasteiger partial charge >= 0.3 is 0 Å². The Bertz CT molecular complexity index is 1160. The Morgan fingerprint density at radius 1 is 0.970 bits per heavy atom. The summed E-state index contributed by atoms with van der Waals surface area (Å²) in [6.07, 6.45) is 6.18. The van der Waals surface area contributed by atoms with Crippen LogP contribution in [0.2, 0.25) is 0 Å². The molecule has 2 aromatic carbocycles. The van der Waals surface area contributed by atoms with Gasteiger partial charge in [0.1, 0.15) is 5.82 Å². The van der Waals surface area contributed by atoms with Crippen molar-refractivity contribution in [1.82, 2.24) is 9.88 Å². The summed E-state index contributed by atoms with van der Waals surface area (Å²) in [5.74, 6) is -0.0531. The van der Waals surface area contributed by atoms with Gasteiger partial charge in [-0.25, -0.2) is 8.78 Å². The summed E-state index contributed by atoms with van der Waals surface area (Å²) in [5, 5.41) is 4.75. The predicted molar refractivity (Wildman–Crippen MR) is 129 cm³/mol. The van der Waals surface area contributed by atoms with Crippen LogP contribution in [0, 0.1) is 11.6 Å². The highest BCUT2D eigenvalue weighted by Crippen LogP contribution is 2.29. The number of anilines is 2. The molecule has 5 nitrogen and oxygen atoms in total. The van der Waals surface area contributed by atoms with Crippen molar-refractivity contribution < 1.29 is 13.5 Å². The van der Waals surface area contributed by atoms with Gasteiger partial charge in [-0.05, 0) is 49.0 Å². The second-order valence-corrected chi connectivity index (χ2v) is 8.52. The van der Waals surface area contributed by atoms with Crippen LogP contribution in [0.25, 0.3) is 16.8 Å². The third kappa shape index (κ3) is 4.93. The van der Waals surface area contributed by atoms with Crippen molar-refractivity contribution in [2.75, 3.05) is 56.1 Å². The highest BCUT2D eigenvalue weighted by molar-refractivity contribution is 5.94. The molecule has 2 aliphatic rings. The summed E-state index contributed by atoms with van der Waals surface area (Å²) in [6.45, 7) is 6.12. The highest BCUT2D eigenvalue weighted by Gasteiger charge is 2.19. The van der Waals surface area contributed by atoms with Gasteiger partial charge in [0.2, 0.25) is 5.88 Å². The van der Waals surface area contributed by atoms with Gasteiger partial charge in [-0.15, -0.1) is 0 Å². The molecule has 2 aliphatic heterocycles. The Kier molecular flexibility index (Phi) is 6.39. The number of nitrogens with one attached hydrogen (secondary N) is 1. The minimum Gasteiger partial charge on any atom is -0.478 e. The summed E-state index contributed by atoms with van der Waals surface area (Å²) < 4.78 is 33.3. The molecule has 5 rings (SSSR count). The van der Waals surface area contributed by atoms with E-state index in [9.17, 15) is 8.78 Å². The number of ether oxygens (including phenoxy) is 1. The molecule has 0 atom stereocenters. The maximum atomic E-state index is 13.8. The van der Waals surface area contributed by atoms with Gasteiger partial charge in [0.25, 0.3) is 0 Å². The summed E-state index contributed by atoms with van der Waals surface area (Å²) in [7, 11) is 0. The number of piperazine rings is 1. The summed E-state index contributed by atoms with van der Waals surface area (Å²) in [4.78, 5) is 9.25. The van der Waals surface area contributed by atoms with E-state index in [2.05, 4.69) is 32.3 Å². The molecular formula is C26H28F2N4O. The number of hydrogen-bond acceptors (Lipinski definition) is 5. The first-order chi connectivity index (χ1) is 16.2. The second kappa shape index (κ2) is 9.75. The standard InChI is InChI=1S/C26H28F2N4O/c27-22-17-20-5-3-7-24(21(20)18-23(22)28)32-14-12-31(13-15-32)11-1-2-16-33-25-9-8-19-6-4-10-29-26(19)30-25/h3-9,17-18H,1-2,10-16H2,(H,29,30). The van der Waals surface area contributed by atoms with E-state index in [1.54, 1.807) is 0 Å². The van der Waals surface area contributed by atoms with Crippen LogP contribution in [-0.4, -0.2) is 55.8 Å². The first-order valence-corrected chi connectivity index (χ1v) is 11.6. The maximum absolute atomic E-state index is 13.8. The van der Waals surface area contributed by atoms with Crippen LogP contribution in [0.15, 0.2) is 48.5 Å². The Balaban J connectivity index is 1.07. The number of benzene rings is 2. The lowest BCUT2D eigenvalue weighted by molar-refractivity contribution is 0.237. The number of nitrogens with zero attached hydrogens (tertiary/aromatic N) is 3. The molecule has 0 spiro atoms. The van der Waals surface area contributed by atoms with Crippen LogP contribution in [0.3, 0.4) is 0 Å². The van der Waals surface area contributed by atoms with Crippen molar-refractivity contribution in [2.24, 2.45) is 0 Å². The molecule has 33 heavy (non-hydrogen) atoms. The van der Waals surface area contributed by atoms with E-state index in [1.807, 2.05) is 30.3 Å². The molecule has 1 aromatic heterocycles. The largest absolute Gasteiger partial charge is 0.478 e. The normalized spacial score (nSPS) is 16.0. The maximum Gasteiger partial charge on any atom is 0.215 e.